The van der Waals surface area contributed by atoms with Gasteiger partial charge in [-0.3, -0.25) is 0 Å². The number of thiazole rings is 1. The maximum absolute atomic E-state index is 6.50. The van der Waals surface area contributed by atoms with Crippen LogP contribution in [0.25, 0.3) is 98.0 Å². The van der Waals surface area contributed by atoms with Gasteiger partial charge in [-0.05, 0) is 94.5 Å². The predicted molar refractivity (Wildman–Crippen MR) is 251 cm³/mol. The fraction of sp³-hybridized carbons (Fsp3) is 0. The Morgan fingerprint density at radius 1 is 0.383 bits per heavy atom. The molecule has 0 spiro atoms. The van der Waals surface area contributed by atoms with Gasteiger partial charge in [-0.2, -0.15) is 0 Å². The number of nitrogens with zero attached hydrogens (tertiary/aromatic N) is 2. The molecule has 0 N–H and O–H groups in total. The Bertz CT molecular complexity index is 3510. The summed E-state index contributed by atoms with van der Waals surface area (Å²) in [5, 5.41) is 5.50. The highest BCUT2D eigenvalue weighted by Crippen LogP contribution is 2.43. The molecule has 3 heterocycles. The van der Waals surface area contributed by atoms with Crippen LogP contribution in [0.15, 0.2) is 215 Å². The van der Waals surface area contributed by atoms with Crippen LogP contribution in [0, 0.1) is 0 Å². The number of aromatic nitrogens is 1. The van der Waals surface area contributed by atoms with E-state index < -0.39 is 0 Å². The van der Waals surface area contributed by atoms with Gasteiger partial charge >= 0.3 is 0 Å². The Balaban J connectivity index is 0.907. The van der Waals surface area contributed by atoms with Crippen molar-refractivity contribution in [2.24, 2.45) is 0 Å². The first kappa shape index (κ1) is 34.3. The van der Waals surface area contributed by atoms with Gasteiger partial charge in [-0.15, -0.1) is 11.3 Å². The summed E-state index contributed by atoms with van der Waals surface area (Å²) in [6.45, 7) is 0. The summed E-state index contributed by atoms with van der Waals surface area (Å²) in [6, 6.07) is 72.6. The van der Waals surface area contributed by atoms with Crippen molar-refractivity contribution in [1.82, 2.24) is 4.98 Å². The van der Waals surface area contributed by atoms with Crippen LogP contribution in [0.2, 0.25) is 0 Å². The second kappa shape index (κ2) is 14.0. The fourth-order valence-corrected chi connectivity index (χ4v) is 9.70. The van der Waals surface area contributed by atoms with Crippen LogP contribution in [0.3, 0.4) is 0 Å². The lowest BCUT2D eigenvalue weighted by Crippen LogP contribution is -2.09. The van der Waals surface area contributed by atoms with Gasteiger partial charge in [-0.1, -0.05) is 140 Å². The number of hydrogen-bond acceptors (Lipinski definition) is 5. The minimum atomic E-state index is 0.868. The summed E-state index contributed by atoms with van der Waals surface area (Å²) in [7, 11) is 0. The molecule has 0 unspecified atom stereocenters. The third-order valence-electron chi connectivity index (χ3n) is 11.5. The van der Waals surface area contributed by atoms with Crippen LogP contribution in [-0.4, -0.2) is 4.98 Å². The molecule has 0 amide bonds. The first-order valence-electron chi connectivity index (χ1n) is 20.1. The van der Waals surface area contributed by atoms with Gasteiger partial charge in [0.2, 0.25) is 0 Å². The summed E-state index contributed by atoms with van der Waals surface area (Å²) in [6.07, 6.45) is 0. The van der Waals surface area contributed by atoms with Crippen molar-refractivity contribution in [1.29, 1.82) is 0 Å². The van der Waals surface area contributed by atoms with Crippen molar-refractivity contribution in [3.05, 3.63) is 206 Å². The molecule has 12 rings (SSSR count). The fourth-order valence-electron chi connectivity index (χ4n) is 8.58. The normalized spacial score (nSPS) is 11.7. The monoisotopic (exact) mass is 786 g/mol. The lowest BCUT2D eigenvalue weighted by Gasteiger charge is -2.26. The van der Waals surface area contributed by atoms with Crippen molar-refractivity contribution in [2.45, 2.75) is 0 Å². The van der Waals surface area contributed by atoms with E-state index in [1.807, 2.05) is 24.3 Å². The van der Waals surface area contributed by atoms with Gasteiger partial charge in [-0.25, -0.2) is 4.98 Å². The third kappa shape index (κ3) is 5.78. The summed E-state index contributed by atoms with van der Waals surface area (Å²) < 4.78 is 14.1. The molecule has 0 aliphatic heterocycles. The highest BCUT2D eigenvalue weighted by Gasteiger charge is 2.18. The van der Waals surface area contributed by atoms with Gasteiger partial charge in [0, 0.05) is 49.7 Å². The van der Waals surface area contributed by atoms with Gasteiger partial charge in [0.05, 0.1) is 10.2 Å². The van der Waals surface area contributed by atoms with E-state index in [9.17, 15) is 0 Å². The Morgan fingerprint density at radius 3 is 1.68 bits per heavy atom. The number of para-hydroxylation sites is 2. The minimum Gasteiger partial charge on any atom is -0.456 e. The standard InChI is InChI=1S/C55H34N2O2S/c1-3-10-35(11-4-1)36-18-25-41(26-19-36)57(43-29-22-38(23-30-43)44-15-9-16-46-45-14-7-8-17-49(45)59-53(44)46)42-27-20-37(21-28-42)40-24-31-47-51(34-40)58-50-33-32-48-54(52(47)50)60-55(56-48)39-12-5-2-6-13-39/h1-34H. The number of furan rings is 2. The zero-order valence-electron chi connectivity index (χ0n) is 32.2. The molecule has 0 saturated heterocycles. The molecule has 0 radical (unpaired) electrons. The van der Waals surface area contributed by atoms with Crippen LogP contribution in [0.5, 0.6) is 0 Å². The maximum atomic E-state index is 6.50. The highest BCUT2D eigenvalue weighted by atomic mass is 32.1. The first-order valence-corrected chi connectivity index (χ1v) is 20.9. The zero-order chi connectivity index (χ0) is 39.6. The van der Waals surface area contributed by atoms with E-state index in [0.717, 1.165) is 104 Å². The van der Waals surface area contributed by atoms with E-state index >= 15 is 0 Å². The molecule has 5 heteroatoms. The quantitative estimate of drug-likeness (QED) is 0.161. The maximum Gasteiger partial charge on any atom is 0.143 e. The lowest BCUT2D eigenvalue weighted by atomic mass is 10.0. The highest BCUT2D eigenvalue weighted by molar-refractivity contribution is 7.22. The number of rotatable bonds is 7. The third-order valence-corrected chi connectivity index (χ3v) is 12.7. The number of fused-ring (bicyclic) bond motifs is 8. The summed E-state index contributed by atoms with van der Waals surface area (Å²) in [5.74, 6) is 0. The second-order valence-corrected chi connectivity index (χ2v) is 16.1. The van der Waals surface area contributed by atoms with E-state index in [-0.39, 0.29) is 0 Å². The molecular weight excluding hydrogens is 753 g/mol. The molecule has 0 fully saturated rings. The summed E-state index contributed by atoms with van der Waals surface area (Å²) in [4.78, 5) is 7.29. The molecule has 0 bridgehead atoms. The average Bonchev–Trinajstić information content (AvgIpc) is 4.04. The zero-order valence-corrected chi connectivity index (χ0v) is 33.1. The molecule has 4 nitrogen and oxygen atoms in total. The van der Waals surface area contributed by atoms with Gasteiger partial charge < -0.3 is 13.7 Å². The van der Waals surface area contributed by atoms with Crippen molar-refractivity contribution in [3.63, 3.8) is 0 Å². The second-order valence-electron chi connectivity index (χ2n) is 15.1. The lowest BCUT2D eigenvalue weighted by molar-refractivity contribution is 0.669. The molecule has 12 aromatic rings. The molecule has 0 aliphatic rings. The Labute approximate surface area is 349 Å². The number of benzene rings is 9. The molecule has 60 heavy (non-hydrogen) atoms. The molecule has 0 aliphatic carbocycles. The molecule has 0 saturated carbocycles. The molecule has 0 atom stereocenters. The smallest absolute Gasteiger partial charge is 0.143 e. The predicted octanol–water partition coefficient (Wildman–Crippen LogP) is 16.2. The van der Waals surface area contributed by atoms with Crippen LogP contribution >= 0.6 is 11.3 Å². The van der Waals surface area contributed by atoms with Crippen molar-refractivity contribution < 1.29 is 8.83 Å². The minimum absolute atomic E-state index is 0.868. The summed E-state index contributed by atoms with van der Waals surface area (Å²) >= 11 is 1.72. The summed E-state index contributed by atoms with van der Waals surface area (Å²) in [5.41, 5.74) is 15.6. The van der Waals surface area contributed by atoms with E-state index in [1.54, 1.807) is 11.3 Å². The van der Waals surface area contributed by atoms with Gasteiger partial charge in [0.1, 0.15) is 27.3 Å². The van der Waals surface area contributed by atoms with Crippen LogP contribution < -0.4 is 4.90 Å². The van der Waals surface area contributed by atoms with Crippen molar-refractivity contribution >= 4 is 82.5 Å². The molecule has 3 aromatic heterocycles. The van der Waals surface area contributed by atoms with Crippen LogP contribution in [0.4, 0.5) is 17.1 Å². The number of anilines is 3. The van der Waals surface area contributed by atoms with E-state index in [2.05, 4.69) is 187 Å². The number of hydrogen-bond donors (Lipinski definition) is 0. The SMILES string of the molecule is c1ccc(-c2ccc(N(c3ccc(-c4ccc5c(c4)oc4ccc6nc(-c7ccccc7)sc6c45)cc3)c3ccc(-c4cccc5c4oc4ccccc45)cc3)cc2)cc1. The van der Waals surface area contributed by atoms with E-state index in [0.29, 0.717) is 0 Å². The Morgan fingerprint density at radius 2 is 0.967 bits per heavy atom. The Kier molecular flexibility index (Phi) is 8.00. The molecular formula is C55H34N2O2S. The largest absolute Gasteiger partial charge is 0.456 e. The van der Waals surface area contributed by atoms with E-state index in [1.165, 1.54) is 11.1 Å². The van der Waals surface area contributed by atoms with Crippen LogP contribution in [0.1, 0.15) is 0 Å². The molecule has 282 valence electrons. The van der Waals surface area contributed by atoms with Crippen molar-refractivity contribution in [2.75, 3.05) is 4.90 Å². The average molecular weight is 787 g/mol. The van der Waals surface area contributed by atoms with Crippen LogP contribution in [-0.2, 0) is 0 Å². The topological polar surface area (TPSA) is 42.4 Å². The molecule has 9 aromatic carbocycles. The Hall–Kier alpha value is -7.73. The van der Waals surface area contributed by atoms with E-state index in [4.69, 9.17) is 13.8 Å². The van der Waals surface area contributed by atoms with Crippen molar-refractivity contribution in [3.8, 4) is 44.0 Å². The first-order chi connectivity index (χ1) is 29.7. The van der Waals surface area contributed by atoms with Gasteiger partial charge in [0.25, 0.3) is 0 Å². The van der Waals surface area contributed by atoms with Gasteiger partial charge in [0.15, 0.2) is 0 Å².